The molecular weight excluding hydrogens is 372 g/mol. The first-order valence-corrected chi connectivity index (χ1v) is 11.0. The molecule has 0 fully saturated rings. The van der Waals surface area contributed by atoms with Crippen LogP contribution in [0, 0.1) is 0 Å². The van der Waals surface area contributed by atoms with E-state index in [1.165, 1.54) is 44.1 Å². The van der Waals surface area contributed by atoms with E-state index in [1.807, 2.05) is 24.3 Å². The topological polar surface area (TPSA) is 53.4 Å². The molecule has 0 saturated carbocycles. The molecule has 0 spiro atoms. The lowest BCUT2D eigenvalue weighted by Gasteiger charge is -2.18. The van der Waals surface area contributed by atoms with Crippen molar-refractivity contribution in [3.8, 4) is 11.1 Å². The molecule has 30 heavy (non-hydrogen) atoms. The normalized spacial score (nSPS) is 11.0. The molecule has 158 valence electrons. The number of unbranched alkanes of at least 4 members (excludes halogenated alkanes) is 5. The van der Waals surface area contributed by atoms with Crippen LogP contribution in [-0.4, -0.2) is 29.7 Å². The number of rotatable bonds is 11. The molecule has 3 rings (SSSR count). The van der Waals surface area contributed by atoms with Crippen LogP contribution < -0.4 is 4.90 Å². The van der Waals surface area contributed by atoms with Crippen LogP contribution in [0.4, 0.5) is 5.82 Å². The number of carbonyl (C=O) groups is 1. The Morgan fingerprint density at radius 3 is 2.43 bits per heavy atom. The highest BCUT2D eigenvalue weighted by Crippen LogP contribution is 2.32. The third-order valence-corrected chi connectivity index (χ3v) is 5.53. The number of nitrogens with zero attached hydrogens (tertiary/aromatic N) is 2. The highest BCUT2D eigenvalue weighted by molar-refractivity contribution is 5.96. The Bertz CT molecular complexity index is 969. The maximum atomic E-state index is 11.2. The Balaban J connectivity index is 1.90. The van der Waals surface area contributed by atoms with Gasteiger partial charge in [0.2, 0.25) is 0 Å². The second-order valence-corrected chi connectivity index (χ2v) is 8.01. The van der Waals surface area contributed by atoms with Crippen LogP contribution in [0.15, 0.2) is 54.6 Å². The monoisotopic (exact) mass is 404 g/mol. The van der Waals surface area contributed by atoms with Crippen LogP contribution in [0.3, 0.4) is 0 Å². The molecule has 0 radical (unpaired) electrons. The molecule has 1 heterocycles. The van der Waals surface area contributed by atoms with Gasteiger partial charge in [0.05, 0.1) is 5.52 Å². The standard InChI is InChI=1S/C26H32N2O2/c1-3-4-5-6-7-9-12-20-15-16-24-23(17-20)22(21-13-10-8-11-14-21)18-25(27-24)28(2)19-26(29)30/h8,10-11,13-18H,3-7,9,12,19H2,1-2H3,(H,29,30). The zero-order chi connectivity index (χ0) is 21.3. The van der Waals surface area contributed by atoms with E-state index in [2.05, 4.69) is 37.3 Å². The van der Waals surface area contributed by atoms with E-state index in [4.69, 9.17) is 10.1 Å². The Morgan fingerprint density at radius 1 is 0.967 bits per heavy atom. The van der Waals surface area contributed by atoms with Crippen LogP contribution in [0.1, 0.15) is 51.0 Å². The summed E-state index contributed by atoms with van der Waals surface area (Å²) < 4.78 is 0. The summed E-state index contributed by atoms with van der Waals surface area (Å²) in [5.74, 6) is -0.192. The van der Waals surface area contributed by atoms with Gasteiger partial charge in [0.1, 0.15) is 12.4 Å². The highest BCUT2D eigenvalue weighted by atomic mass is 16.4. The van der Waals surface area contributed by atoms with Gasteiger partial charge in [-0.15, -0.1) is 0 Å². The minimum Gasteiger partial charge on any atom is -0.480 e. The summed E-state index contributed by atoms with van der Waals surface area (Å²) in [6, 6.07) is 18.8. The van der Waals surface area contributed by atoms with Crippen molar-refractivity contribution in [3.63, 3.8) is 0 Å². The predicted octanol–water partition coefficient (Wildman–Crippen LogP) is 6.33. The second kappa shape index (κ2) is 10.8. The van der Waals surface area contributed by atoms with E-state index in [-0.39, 0.29) is 6.54 Å². The van der Waals surface area contributed by atoms with E-state index in [9.17, 15) is 4.79 Å². The molecule has 0 unspecified atom stereocenters. The van der Waals surface area contributed by atoms with E-state index in [0.29, 0.717) is 5.82 Å². The first kappa shape index (κ1) is 21.8. The average molecular weight is 405 g/mol. The predicted molar refractivity (Wildman–Crippen MR) is 125 cm³/mol. The van der Waals surface area contributed by atoms with Crippen LogP contribution >= 0.6 is 0 Å². The van der Waals surface area contributed by atoms with Gasteiger partial charge >= 0.3 is 5.97 Å². The third-order valence-electron chi connectivity index (χ3n) is 5.53. The van der Waals surface area contributed by atoms with Crippen molar-refractivity contribution in [2.45, 2.75) is 51.9 Å². The summed E-state index contributed by atoms with van der Waals surface area (Å²) >= 11 is 0. The summed E-state index contributed by atoms with van der Waals surface area (Å²) in [5.41, 5.74) is 4.45. The van der Waals surface area contributed by atoms with Crippen molar-refractivity contribution in [2.75, 3.05) is 18.5 Å². The molecule has 0 aliphatic rings. The van der Waals surface area contributed by atoms with Crippen molar-refractivity contribution < 1.29 is 9.90 Å². The first-order valence-electron chi connectivity index (χ1n) is 11.0. The zero-order valence-corrected chi connectivity index (χ0v) is 18.1. The second-order valence-electron chi connectivity index (χ2n) is 8.01. The van der Waals surface area contributed by atoms with Gasteiger partial charge in [-0.1, -0.05) is 75.4 Å². The van der Waals surface area contributed by atoms with Gasteiger partial charge in [0.25, 0.3) is 0 Å². The van der Waals surface area contributed by atoms with E-state index < -0.39 is 5.97 Å². The fraction of sp³-hybridized carbons (Fsp3) is 0.385. The number of carboxylic acids is 1. The number of pyridine rings is 1. The highest BCUT2D eigenvalue weighted by Gasteiger charge is 2.13. The molecule has 3 aromatic rings. The number of aromatic nitrogens is 1. The molecule has 4 nitrogen and oxygen atoms in total. The van der Waals surface area contributed by atoms with Crippen molar-refractivity contribution in [1.29, 1.82) is 0 Å². The SMILES string of the molecule is CCCCCCCCc1ccc2nc(N(C)CC(=O)O)cc(-c3ccccc3)c2c1. The molecule has 1 aromatic heterocycles. The minimum absolute atomic E-state index is 0.0805. The first-order chi connectivity index (χ1) is 14.6. The number of aliphatic carboxylic acids is 1. The van der Waals surface area contributed by atoms with Gasteiger partial charge in [-0.3, -0.25) is 4.79 Å². The van der Waals surface area contributed by atoms with E-state index in [0.717, 1.165) is 28.5 Å². The lowest BCUT2D eigenvalue weighted by Crippen LogP contribution is -2.26. The molecule has 2 aromatic carbocycles. The quantitative estimate of drug-likeness (QED) is 0.380. The fourth-order valence-corrected chi connectivity index (χ4v) is 3.86. The molecule has 0 bridgehead atoms. The minimum atomic E-state index is -0.866. The number of aryl methyl sites for hydroxylation is 1. The van der Waals surface area contributed by atoms with Crippen LogP contribution in [0.5, 0.6) is 0 Å². The third kappa shape index (κ3) is 5.82. The van der Waals surface area contributed by atoms with Gasteiger partial charge in [0.15, 0.2) is 0 Å². The fourth-order valence-electron chi connectivity index (χ4n) is 3.86. The molecule has 0 aliphatic carbocycles. The van der Waals surface area contributed by atoms with Gasteiger partial charge in [0, 0.05) is 12.4 Å². The van der Waals surface area contributed by atoms with Gasteiger partial charge < -0.3 is 10.0 Å². The van der Waals surface area contributed by atoms with Crippen molar-refractivity contribution in [3.05, 3.63) is 60.2 Å². The Labute approximate surface area is 179 Å². The van der Waals surface area contributed by atoms with E-state index in [1.54, 1.807) is 11.9 Å². The smallest absolute Gasteiger partial charge is 0.323 e. The van der Waals surface area contributed by atoms with Crippen LogP contribution in [-0.2, 0) is 11.2 Å². The number of fused-ring (bicyclic) bond motifs is 1. The number of carboxylic acid groups (broad SMARTS) is 1. The lowest BCUT2D eigenvalue weighted by molar-refractivity contribution is -0.135. The molecular formula is C26H32N2O2. The summed E-state index contributed by atoms with van der Waals surface area (Å²) in [6.07, 6.45) is 8.84. The van der Waals surface area contributed by atoms with E-state index >= 15 is 0 Å². The van der Waals surface area contributed by atoms with Crippen LogP contribution in [0.25, 0.3) is 22.0 Å². The summed E-state index contributed by atoms with van der Waals surface area (Å²) in [7, 11) is 1.77. The lowest BCUT2D eigenvalue weighted by atomic mass is 9.97. The van der Waals surface area contributed by atoms with Crippen LogP contribution in [0.2, 0.25) is 0 Å². The molecule has 0 saturated heterocycles. The Hall–Kier alpha value is -2.88. The molecule has 0 amide bonds. The maximum absolute atomic E-state index is 11.2. The van der Waals surface area contributed by atoms with Crippen molar-refractivity contribution >= 4 is 22.7 Å². The molecule has 0 aliphatic heterocycles. The number of hydrogen-bond acceptors (Lipinski definition) is 3. The Kier molecular flexibility index (Phi) is 7.83. The molecule has 4 heteroatoms. The van der Waals surface area contributed by atoms with Gasteiger partial charge in [-0.2, -0.15) is 0 Å². The number of hydrogen-bond donors (Lipinski definition) is 1. The average Bonchev–Trinajstić information content (AvgIpc) is 2.75. The van der Waals surface area contributed by atoms with Gasteiger partial charge in [-0.25, -0.2) is 4.98 Å². The van der Waals surface area contributed by atoms with Crippen molar-refractivity contribution in [2.24, 2.45) is 0 Å². The van der Waals surface area contributed by atoms with Gasteiger partial charge in [-0.05, 0) is 47.7 Å². The number of anilines is 1. The zero-order valence-electron chi connectivity index (χ0n) is 18.1. The molecule has 0 atom stereocenters. The number of benzene rings is 2. The summed E-state index contributed by atoms with van der Waals surface area (Å²) in [5, 5.41) is 10.3. The Morgan fingerprint density at radius 2 is 1.70 bits per heavy atom. The largest absolute Gasteiger partial charge is 0.480 e. The van der Waals surface area contributed by atoms with Crippen molar-refractivity contribution in [1.82, 2.24) is 4.98 Å². The number of likely N-dealkylation sites (N-methyl/N-ethyl adjacent to an activating group) is 1. The summed E-state index contributed by atoms with van der Waals surface area (Å²) in [4.78, 5) is 17.6. The molecule has 1 N–H and O–H groups in total. The maximum Gasteiger partial charge on any atom is 0.323 e. The summed E-state index contributed by atoms with van der Waals surface area (Å²) in [6.45, 7) is 2.17.